The molecule has 1 heterocycles. The maximum Gasteiger partial charge on any atom is 0.234 e. The highest BCUT2D eigenvalue weighted by molar-refractivity contribution is 7.99. The van der Waals surface area contributed by atoms with Gasteiger partial charge in [-0.1, -0.05) is 23.9 Å². The van der Waals surface area contributed by atoms with Crippen LogP contribution in [0.25, 0.3) is 0 Å². The summed E-state index contributed by atoms with van der Waals surface area (Å²) in [6.45, 7) is 2.44. The minimum atomic E-state index is -0.497. The standard InChI is InChI=1S/C21H22FN5O3S/c1-3-27-18(12-19(28)23-14-8-10-15(30-2)11-9-14)25-26-21(27)31-13-20(29)24-17-7-5-4-6-16(17)22/h4-11H,3,12-13H2,1-2H3,(H,23,28)(H,24,29). The van der Waals surface area contributed by atoms with Crippen LogP contribution in [0.1, 0.15) is 12.7 Å². The molecule has 0 spiro atoms. The Kier molecular flexibility index (Phi) is 7.60. The lowest BCUT2D eigenvalue weighted by molar-refractivity contribution is -0.116. The molecule has 0 atom stereocenters. The highest BCUT2D eigenvalue weighted by Crippen LogP contribution is 2.20. The van der Waals surface area contributed by atoms with E-state index in [1.165, 1.54) is 23.9 Å². The van der Waals surface area contributed by atoms with Gasteiger partial charge < -0.3 is 19.9 Å². The fourth-order valence-corrected chi connectivity index (χ4v) is 3.60. The van der Waals surface area contributed by atoms with Crippen LogP contribution in [-0.4, -0.2) is 39.4 Å². The van der Waals surface area contributed by atoms with Crippen LogP contribution in [0, 0.1) is 5.82 Å². The van der Waals surface area contributed by atoms with Crippen LogP contribution in [-0.2, 0) is 22.6 Å². The Balaban J connectivity index is 1.57. The number of thioether (sulfide) groups is 1. The molecule has 0 radical (unpaired) electrons. The molecule has 1 aromatic heterocycles. The van der Waals surface area contributed by atoms with E-state index in [-0.39, 0.29) is 29.7 Å². The topological polar surface area (TPSA) is 98.1 Å². The first-order chi connectivity index (χ1) is 15.0. The van der Waals surface area contributed by atoms with E-state index in [1.54, 1.807) is 48.1 Å². The van der Waals surface area contributed by atoms with E-state index in [4.69, 9.17) is 4.74 Å². The maximum atomic E-state index is 13.7. The monoisotopic (exact) mass is 443 g/mol. The van der Waals surface area contributed by atoms with Gasteiger partial charge in [0.15, 0.2) is 5.16 Å². The number of rotatable bonds is 9. The molecule has 2 N–H and O–H groups in total. The molecule has 2 aromatic carbocycles. The van der Waals surface area contributed by atoms with Crippen molar-refractivity contribution in [1.82, 2.24) is 14.8 Å². The summed E-state index contributed by atoms with van der Waals surface area (Å²) in [6, 6.07) is 13.0. The van der Waals surface area contributed by atoms with Crippen LogP contribution in [0.3, 0.4) is 0 Å². The normalized spacial score (nSPS) is 10.5. The zero-order valence-electron chi connectivity index (χ0n) is 17.1. The summed E-state index contributed by atoms with van der Waals surface area (Å²) in [5.41, 5.74) is 0.772. The Morgan fingerprint density at radius 1 is 1.06 bits per heavy atom. The quantitative estimate of drug-likeness (QED) is 0.492. The van der Waals surface area contributed by atoms with Gasteiger partial charge in [0.1, 0.15) is 17.4 Å². The van der Waals surface area contributed by atoms with Crippen molar-refractivity contribution in [3.8, 4) is 5.75 Å². The number of hydrogen-bond donors (Lipinski definition) is 2. The summed E-state index contributed by atoms with van der Waals surface area (Å²) in [5.74, 6) is 0.128. The first-order valence-corrected chi connectivity index (χ1v) is 10.5. The Labute approximate surface area is 183 Å². The number of benzene rings is 2. The van der Waals surface area contributed by atoms with Crippen molar-refractivity contribution in [2.75, 3.05) is 23.5 Å². The van der Waals surface area contributed by atoms with Gasteiger partial charge in [-0.3, -0.25) is 9.59 Å². The Hall–Kier alpha value is -3.40. The highest BCUT2D eigenvalue weighted by atomic mass is 32.2. The molecule has 3 aromatic rings. The van der Waals surface area contributed by atoms with Crippen LogP contribution < -0.4 is 15.4 Å². The van der Waals surface area contributed by atoms with Gasteiger partial charge in [0, 0.05) is 12.2 Å². The van der Waals surface area contributed by atoms with Crippen LogP contribution in [0.4, 0.5) is 15.8 Å². The number of carbonyl (C=O) groups is 2. The molecule has 3 rings (SSSR count). The van der Waals surface area contributed by atoms with Gasteiger partial charge in [-0.25, -0.2) is 4.39 Å². The predicted octanol–water partition coefficient (Wildman–Crippen LogP) is 3.36. The molecule has 0 aliphatic heterocycles. The molecule has 0 aliphatic carbocycles. The second kappa shape index (κ2) is 10.6. The van der Waals surface area contributed by atoms with E-state index in [9.17, 15) is 14.0 Å². The molecule has 0 fully saturated rings. The number of anilines is 2. The van der Waals surface area contributed by atoms with Crippen molar-refractivity contribution >= 4 is 35.0 Å². The van der Waals surface area contributed by atoms with Crippen molar-refractivity contribution in [2.24, 2.45) is 0 Å². The summed E-state index contributed by atoms with van der Waals surface area (Å²) in [4.78, 5) is 24.5. The third-order valence-electron chi connectivity index (χ3n) is 4.28. The van der Waals surface area contributed by atoms with Gasteiger partial charge in [0.2, 0.25) is 11.8 Å². The van der Waals surface area contributed by atoms with Crippen molar-refractivity contribution in [1.29, 1.82) is 0 Å². The number of carbonyl (C=O) groups excluding carboxylic acids is 2. The molecule has 162 valence electrons. The third kappa shape index (κ3) is 6.05. The molecule has 0 saturated carbocycles. The van der Waals surface area contributed by atoms with Gasteiger partial charge in [0.25, 0.3) is 0 Å². The molecule has 0 unspecified atom stereocenters. The molecule has 8 nitrogen and oxygen atoms in total. The molecular weight excluding hydrogens is 421 g/mol. The number of nitrogens with one attached hydrogen (secondary N) is 2. The molecule has 2 amide bonds. The summed E-state index contributed by atoms with van der Waals surface area (Å²) in [5, 5.41) is 14.0. The molecular formula is C21H22FN5O3S. The van der Waals surface area contributed by atoms with Crippen molar-refractivity contribution in [3.63, 3.8) is 0 Å². The number of para-hydroxylation sites is 1. The van der Waals surface area contributed by atoms with Crippen molar-refractivity contribution in [2.45, 2.75) is 25.0 Å². The van der Waals surface area contributed by atoms with Crippen LogP contribution in [0.2, 0.25) is 0 Å². The summed E-state index contributed by atoms with van der Waals surface area (Å²) in [6.07, 6.45) is 0.0366. The fourth-order valence-electron chi connectivity index (χ4n) is 2.78. The van der Waals surface area contributed by atoms with Gasteiger partial charge in [-0.05, 0) is 43.3 Å². The number of ether oxygens (including phenoxy) is 1. The Bertz CT molecular complexity index is 1060. The van der Waals surface area contributed by atoms with E-state index in [0.29, 0.717) is 29.0 Å². The summed E-state index contributed by atoms with van der Waals surface area (Å²) < 4.78 is 20.5. The van der Waals surface area contributed by atoms with Crippen LogP contribution >= 0.6 is 11.8 Å². The Morgan fingerprint density at radius 3 is 2.48 bits per heavy atom. The SMILES string of the molecule is CCn1c(CC(=O)Nc2ccc(OC)cc2)nnc1SCC(=O)Nc1ccccc1F. The predicted molar refractivity (Wildman–Crippen MR) is 117 cm³/mol. The second-order valence-corrected chi connectivity index (χ2v) is 7.36. The minimum Gasteiger partial charge on any atom is -0.497 e. The lowest BCUT2D eigenvalue weighted by Gasteiger charge is -2.09. The van der Waals surface area contributed by atoms with Crippen LogP contribution in [0.15, 0.2) is 53.7 Å². The minimum absolute atomic E-state index is 0.0323. The number of methoxy groups -OCH3 is 1. The lowest BCUT2D eigenvalue weighted by atomic mass is 10.3. The number of amides is 2. The third-order valence-corrected chi connectivity index (χ3v) is 5.25. The van der Waals surface area contributed by atoms with Crippen molar-refractivity contribution < 1.29 is 18.7 Å². The summed E-state index contributed by atoms with van der Waals surface area (Å²) in [7, 11) is 1.57. The Morgan fingerprint density at radius 2 is 1.81 bits per heavy atom. The fraction of sp³-hybridized carbons (Fsp3) is 0.238. The smallest absolute Gasteiger partial charge is 0.234 e. The largest absolute Gasteiger partial charge is 0.497 e. The van der Waals surface area contributed by atoms with E-state index >= 15 is 0 Å². The molecule has 31 heavy (non-hydrogen) atoms. The van der Waals surface area contributed by atoms with Crippen LogP contribution in [0.5, 0.6) is 5.75 Å². The van der Waals surface area contributed by atoms with E-state index in [0.717, 1.165) is 0 Å². The lowest BCUT2D eigenvalue weighted by Crippen LogP contribution is -2.18. The highest BCUT2D eigenvalue weighted by Gasteiger charge is 2.16. The van der Waals surface area contributed by atoms with E-state index in [1.807, 2.05) is 6.92 Å². The van der Waals surface area contributed by atoms with Crippen molar-refractivity contribution in [3.05, 3.63) is 60.2 Å². The zero-order valence-corrected chi connectivity index (χ0v) is 17.9. The molecule has 0 bridgehead atoms. The van der Waals surface area contributed by atoms with Gasteiger partial charge in [-0.2, -0.15) is 0 Å². The maximum absolute atomic E-state index is 13.7. The number of aromatic nitrogens is 3. The number of nitrogens with zero attached hydrogens (tertiary/aromatic N) is 3. The molecule has 0 saturated heterocycles. The number of halogens is 1. The molecule has 10 heteroatoms. The first-order valence-electron chi connectivity index (χ1n) is 9.53. The average molecular weight is 444 g/mol. The number of hydrogen-bond acceptors (Lipinski definition) is 6. The van der Waals surface area contributed by atoms with E-state index in [2.05, 4.69) is 20.8 Å². The second-order valence-electron chi connectivity index (χ2n) is 6.41. The first kappa shape index (κ1) is 22.3. The average Bonchev–Trinajstić information content (AvgIpc) is 3.15. The van der Waals surface area contributed by atoms with Gasteiger partial charge in [0.05, 0.1) is 25.0 Å². The summed E-state index contributed by atoms with van der Waals surface area (Å²) >= 11 is 1.17. The zero-order chi connectivity index (χ0) is 22.2. The van der Waals surface area contributed by atoms with Gasteiger partial charge >= 0.3 is 0 Å². The van der Waals surface area contributed by atoms with Gasteiger partial charge in [-0.15, -0.1) is 10.2 Å². The van der Waals surface area contributed by atoms with E-state index < -0.39 is 5.82 Å². The molecule has 0 aliphatic rings.